The predicted molar refractivity (Wildman–Crippen MR) is 154 cm³/mol. The summed E-state index contributed by atoms with van der Waals surface area (Å²) in [5.74, 6) is -0.125. The number of para-hydroxylation sites is 2. The van der Waals surface area contributed by atoms with E-state index in [-0.39, 0.29) is 23.7 Å². The number of H-pyrrole nitrogens is 1. The van der Waals surface area contributed by atoms with Crippen LogP contribution in [0.2, 0.25) is 0 Å². The first-order valence-electron chi connectivity index (χ1n) is 14.2. The molecule has 3 N–H and O–H groups in total. The number of imidazole rings is 1. The standard InChI is InChI=1S/C31H35N5O4/c37-29(35-17-13-24(14-18-35)36-28-8-4-3-7-26(28)33-30(36)38)27(34-31(39)40-25-11-15-32-16-12-25)20-21-9-10-22-5-1-2-6-23(22)19-21/h1-10,19,24-25,27,32H,11-18,20H2,(H,33,38)(H,34,39)/t27-/m1/s1. The molecule has 3 aromatic carbocycles. The Bertz CT molecular complexity index is 1560. The highest BCUT2D eigenvalue weighted by Crippen LogP contribution is 2.26. The molecule has 0 bridgehead atoms. The molecule has 4 aromatic rings. The molecular formula is C31H35N5O4. The van der Waals surface area contributed by atoms with E-state index in [2.05, 4.69) is 27.8 Å². The van der Waals surface area contributed by atoms with Gasteiger partial charge in [-0.2, -0.15) is 0 Å². The topological polar surface area (TPSA) is 108 Å². The van der Waals surface area contributed by atoms with E-state index in [0.29, 0.717) is 32.4 Å². The van der Waals surface area contributed by atoms with Crippen LogP contribution in [-0.4, -0.2) is 64.8 Å². The van der Waals surface area contributed by atoms with Gasteiger partial charge < -0.3 is 25.3 Å². The van der Waals surface area contributed by atoms with E-state index in [1.165, 1.54) is 0 Å². The summed E-state index contributed by atoms with van der Waals surface area (Å²) in [5, 5.41) is 8.38. The average molecular weight is 542 g/mol. The van der Waals surface area contributed by atoms with Crippen molar-refractivity contribution in [3.63, 3.8) is 0 Å². The first-order valence-corrected chi connectivity index (χ1v) is 14.2. The summed E-state index contributed by atoms with van der Waals surface area (Å²) in [4.78, 5) is 44.2. The molecule has 2 aliphatic heterocycles. The fourth-order valence-electron chi connectivity index (χ4n) is 6.04. The van der Waals surface area contributed by atoms with Crippen molar-refractivity contribution in [1.82, 2.24) is 25.1 Å². The molecule has 2 fully saturated rings. The molecule has 40 heavy (non-hydrogen) atoms. The molecule has 0 unspecified atom stereocenters. The van der Waals surface area contributed by atoms with Crippen LogP contribution in [0.25, 0.3) is 21.8 Å². The largest absolute Gasteiger partial charge is 0.446 e. The highest BCUT2D eigenvalue weighted by Gasteiger charge is 2.32. The monoisotopic (exact) mass is 541 g/mol. The molecule has 0 spiro atoms. The van der Waals surface area contributed by atoms with Gasteiger partial charge in [0.15, 0.2) is 0 Å². The minimum atomic E-state index is -0.747. The number of piperidine rings is 2. The molecule has 9 nitrogen and oxygen atoms in total. The maximum atomic E-state index is 13.8. The molecule has 208 valence electrons. The van der Waals surface area contributed by atoms with Gasteiger partial charge >= 0.3 is 11.8 Å². The van der Waals surface area contributed by atoms with Crippen molar-refractivity contribution in [2.75, 3.05) is 26.2 Å². The maximum Gasteiger partial charge on any atom is 0.408 e. The van der Waals surface area contributed by atoms with E-state index >= 15 is 0 Å². The van der Waals surface area contributed by atoms with Crippen LogP contribution in [-0.2, 0) is 16.0 Å². The SMILES string of the molecule is O=C(N[C@H](Cc1ccc2ccccc2c1)C(=O)N1CCC(n2c(=O)[nH]c3ccccc32)CC1)OC1CCNCC1. The zero-order valence-electron chi connectivity index (χ0n) is 22.5. The van der Waals surface area contributed by atoms with Gasteiger partial charge in [0.2, 0.25) is 5.91 Å². The Hall–Kier alpha value is -4.11. The number of carbonyl (C=O) groups is 2. The molecular weight excluding hydrogens is 506 g/mol. The van der Waals surface area contributed by atoms with Crippen LogP contribution >= 0.6 is 0 Å². The number of rotatable bonds is 6. The number of hydrogen-bond acceptors (Lipinski definition) is 5. The quantitative estimate of drug-likeness (QED) is 0.345. The van der Waals surface area contributed by atoms with E-state index in [1.807, 2.05) is 64.1 Å². The van der Waals surface area contributed by atoms with Crippen molar-refractivity contribution in [2.24, 2.45) is 0 Å². The fourth-order valence-corrected chi connectivity index (χ4v) is 6.04. The summed E-state index contributed by atoms with van der Waals surface area (Å²) in [6, 6.07) is 21.2. The average Bonchev–Trinajstić information content (AvgIpc) is 3.32. The van der Waals surface area contributed by atoms with Crippen LogP contribution in [0, 0.1) is 0 Å². The minimum absolute atomic E-state index is 0.00414. The third-order valence-electron chi connectivity index (χ3n) is 8.17. The number of amides is 2. The molecule has 0 saturated carbocycles. The summed E-state index contributed by atoms with van der Waals surface area (Å²) >= 11 is 0. The van der Waals surface area contributed by atoms with Gasteiger partial charge in [-0.3, -0.25) is 9.36 Å². The normalized spacial score (nSPS) is 17.6. The third kappa shape index (κ3) is 5.60. The molecule has 0 radical (unpaired) electrons. The van der Waals surface area contributed by atoms with Gasteiger partial charge in [0.1, 0.15) is 12.1 Å². The summed E-state index contributed by atoms with van der Waals surface area (Å²) in [5.41, 5.74) is 2.55. The molecule has 9 heteroatoms. The van der Waals surface area contributed by atoms with Crippen LogP contribution < -0.4 is 16.3 Å². The van der Waals surface area contributed by atoms with Crippen LogP contribution in [0.1, 0.15) is 37.3 Å². The van der Waals surface area contributed by atoms with Gasteiger partial charge in [-0.05, 0) is 67.2 Å². The predicted octanol–water partition coefficient (Wildman–Crippen LogP) is 3.74. The van der Waals surface area contributed by atoms with Gasteiger partial charge in [0.05, 0.1) is 11.0 Å². The molecule has 0 aliphatic carbocycles. The van der Waals surface area contributed by atoms with Crippen molar-refractivity contribution in [2.45, 2.75) is 50.3 Å². The molecule has 1 atom stereocenters. The van der Waals surface area contributed by atoms with Gasteiger partial charge in [-0.15, -0.1) is 0 Å². The van der Waals surface area contributed by atoms with E-state index in [9.17, 15) is 14.4 Å². The first-order chi connectivity index (χ1) is 19.5. The number of nitrogens with zero attached hydrogens (tertiary/aromatic N) is 2. The molecule has 2 amide bonds. The van der Waals surface area contributed by atoms with Crippen LogP contribution in [0.3, 0.4) is 0 Å². The van der Waals surface area contributed by atoms with Crippen molar-refractivity contribution >= 4 is 33.8 Å². The van der Waals surface area contributed by atoms with Gasteiger partial charge in [-0.1, -0.05) is 54.6 Å². The van der Waals surface area contributed by atoms with Crippen molar-refractivity contribution in [1.29, 1.82) is 0 Å². The number of aromatic amines is 1. The molecule has 6 rings (SSSR count). The lowest BCUT2D eigenvalue weighted by Crippen LogP contribution is -2.52. The Morgan fingerprint density at radius 1 is 0.925 bits per heavy atom. The van der Waals surface area contributed by atoms with Crippen LogP contribution in [0.15, 0.2) is 71.5 Å². The number of likely N-dealkylation sites (tertiary alicyclic amines) is 1. The Morgan fingerprint density at radius 2 is 1.65 bits per heavy atom. The number of hydrogen-bond donors (Lipinski definition) is 3. The summed E-state index contributed by atoms with van der Waals surface area (Å²) in [7, 11) is 0. The minimum Gasteiger partial charge on any atom is -0.446 e. The Kier molecular flexibility index (Phi) is 7.55. The van der Waals surface area contributed by atoms with Crippen molar-refractivity contribution < 1.29 is 14.3 Å². The van der Waals surface area contributed by atoms with Gasteiger partial charge in [0.25, 0.3) is 0 Å². The summed E-state index contributed by atoms with van der Waals surface area (Å²) in [6.45, 7) is 2.64. The second-order valence-electron chi connectivity index (χ2n) is 10.8. The molecule has 2 saturated heterocycles. The lowest BCUT2D eigenvalue weighted by atomic mass is 9.99. The molecule has 1 aromatic heterocycles. The Balaban J connectivity index is 1.17. The zero-order valence-corrected chi connectivity index (χ0v) is 22.5. The zero-order chi connectivity index (χ0) is 27.5. The Morgan fingerprint density at radius 3 is 2.45 bits per heavy atom. The number of fused-ring (bicyclic) bond motifs is 2. The Labute approximate surface area is 232 Å². The maximum absolute atomic E-state index is 13.8. The number of carbonyl (C=O) groups excluding carboxylic acids is 2. The van der Waals surface area contributed by atoms with Gasteiger partial charge in [-0.25, -0.2) is 9.59 Å². The first kappa shape index (κ1) is 26.1. The van der Waals surface area contributed by atoms with Crippen molar-refractivity contribution in [3.8, 4) is 0 Å². The number of aromatic nitrogens is 2. The van der Waals surface area contributed by atoms with Gasteiger partial charge in [0, 0.05) is 25.6 Å². The number of ether oxygens (including phenoxy) is 1. The van der Waals surface area contributed by atoms with E-state index in [0.717, 1.165) is 53.3 Å². The van der Waals surface area contributed by atoms with Crippen LogP contribution in [0.5, 0.6) is 0 Å². The second kappa shape index (κ2) is 11.6. The second-order valence-corrected chi connectivity index (χ2v) is 10.8. The lowest BCUT2D eigenvalue weighted by molar-refractivity contribution is -0.134. The van der Waals surface area contributed by atoms with E-state index < -0.39 is 12.1 Å². The third-order valence-corrected chi connectivity index (χ3v) is 8.17. The van der Waals surface area contributed by atoms with Crippen LogP contribution in [0.4, 0.5) is 4.79 Å². The highest BCUT2D eigenvalue weighted by atomic mass is 16.6. The fraction of sp³-hybridized carbons (Fsp3) is 0.387. The lowest BCUT2D eigenvalue weighted by Gasteiger charge is -2.35. The number of nitrogens with one attached hydrogen (secondary N) is 3. The summed E-state index contributed by atoms with van der Waals surface area (Å²) < 4.78 is 7.50. The summed E-state index contributed by atoms with van der Waals surface area (Å²) in [6.07, 6.45) is 2.52. The number of benzene rings is 3. The number of alkyl carbamates (subject to hydrolysis) is 1. The molecule has 2 aliphatic rings. The smallest absolute Gasteiger partial charge is 0.408 e. The van der Waals surface area contributed by atoms with E-state index in [4.69, 9.17) is 4.74 Å². The van der Waals surface area contributed by atoms with Crippen molar-refractivity contribution in [3.05, 3.63) is 82.8 Å². The molecule has 3 heterocycles. The van der Waals surface area contributed by atoms with E-state index in [1.54, 1.807) is 0 Å². The highest BCUT2D eigenvalue weighted by molar-refractivity contribution is 5.87.